The van der Waals surface area contributed by atoms with Gasteiger partial charge in [0, 0.05) is 45.4 Å². The van der Waals surface area contributed by atoms with Crippen LogP contribution >= 0.6 is 0 Å². The maximum Gasteiger partial charge on any atom is 0.135 e. The molecule has 1 saturated heterocycles. The van der Waals surface area contributed by atoms with E-state index in [-0.39, 0.29) is 6.61 Å². The number of fused-ring (bicyclic) bond motifs is 1. The van der Waals surface area contributed by atoms with Gasteiger partial charge in [0.05, 0.1) is 0 Å². The summed E-state index contributed by atoms with van der Waals surface area (Å²) in [5, 5.41) is 17.2. The van der Waals surface area contributed by atoms with Gasteiger partial charge in [0.2, 0.25) is 0 Å². The second-order valence-corrected chi connectivity index (χ2v) is 6.76. The maximum atomic E-state index is 9.40. The van der Waals surface area contributed by atoms with E-state index in [1.165, 1.54) is 11.1 Å². The van der Waals surface area contributed by atoms with Crippen molar-refractivity contribution in [2.24, 2.45) is 0 Å². The van der Waals surface area contributed by atoms with E-state index >= 15 is 0 Å². The highest BCUT2D eigenvalue weighted by Crippen LogP contribution is 2.18. The SMILES string of the molecule is CC(C)=CCN1CCN(Cc2ccc3nonc3c2)CC1CCO. The third-order valence-electron chi connectivity index (χ3n) is 4.61. The Hall–Kier alpha value is -1.76. The molecule has 0 saturated carbocycles. The summed E-state index contributed by atoms with van der Waals surface area (Å²) in [6.07, 6.45) is 3.09. The number of hydrogen-bond acceptors (Lipinski definition) is 6. The first-order valence-corrected chi connectivity index (χ1v) is 8.57. The summed E-state index contributed by atoms with van der Waals surface area (Å²) < 4.78 is 4.77. The molecule has 130 valence electrons. The Morgan fingerprint density at radius 3 is 2.92 bits per heavy atom. The van der Waals surface area contributed by atoms with E-state index in [9.17, 15) is 5.11 Å². The number of aliphatic hydroxyl groups excluding tert-OH is 1. The van der Waals surface area contributed by atoms with Crippen LogP contribution in [-0.2, 0) is 6.54 Å². The summed E-state index contributed by atoms with van der Waals surface area (Å²) in [4.78, 5) is 4.93. The van der Waals surface area contributed by atoms with Gasteiger partial charge in [-0.3, -0.25) is 9.80 Å². The highest BCUT2D eigenvalue weighted by molar-refractivity contribution is 5.73. The zero-order valence-electron chi connectivity index (χ0n) is 14.5. The van der Waals surface area contributed by atoms with Crippen molar-refractivity contribution in [3.8, 4) is 0 Å². The molecule has 1 fully saturated rings. The predicted octanol–water partition coefficient (Wildman–Crippen LogP) is 2.06. The predicted molar refractivity (Wildman–Crippen MR) is 93.6 cm³/mol. The lowest BCUT2D eigenvalue weighted by molar-refractivity contribution is 0.0637. The molecule has 2 aromatic rings. The van der Waals surface area contributed by atoms with Crippen LogP contribution < -0.4 is 0 Å². The van der Waals surface area contributed by atoms with Crippen LogP contribution in [-0.4, -0.2) is 64.0 Å². The van der Waals surface area contributed by atoms with E-state index in [2.05, 4.69) is 46.1 Å². The van der Waals surface area contributed by atoms with Crippen molar-refractivity contribution in [3.63, 3.8) is 0 Å². The van der Waals surface area contributed by atoms with Gasteiger partial charge < -0.3 is 5.11 Å². The van der Waals surface area contributed by atoms with E-state index in [4.69, 9.17) is 4.63 Å². The second kappa shape index (κ2) is 7.88. The third-order valence-corrected chi connectivity index (χ3v) is 4.61. The first-order valence-electron chi connectivity index (χ1n) is 8.57. The van der Waals surface area contributed by atoms with Crippen LogP contribution in [0.2, 0.25) is 0 Å². The van der Waals surface area contributed by atoms with E-state index in [1.54, 1.807) is 0 Å². The summed E-state index contributed by atoms with van der Waals surface area (Å²) in [5.41, 5.74) is 4.17. The third kappa shape index (κ3) is 4.20. The molecule has 6 nitrogen and oxygen atoms in total. The molecule has 0 spiro atoms. The molecule has 0 bridgehead atoms. The van der Waals surface area contributed by atoms with Crippen LogP contribution in [0.5, 0.6) is 0 Å². The van der Waals surface area contributed by atoms with Crippen LogP contribution in [0.4, 0.5) is 0 Å². The van der Waals surface area contributed by atoms with Crippen LogP contribution in [0.1, 0.15) is 25.8 Å². The normalized spacial score (nSPS) is 19.7. The molecule has 2 heterocycles. The molecular weight excluding hydrogens is 304 g/mol. The summed E-state index contributed by atoms with van der Waals surface area (Å²) >= 11 is 0. The minimum atomic E-state index is 0.237. The molecule has 24 heavy (non-hydrogen) atoms. The van der Waals surface area contributed by atoms with Gasteiger partial charge in [-0.05, 0) is 48.3 Å². The van der Waals surface area contributed by atoms with Gasteiger partial charge in [-0.1, -0.05) is 17.7 Å². The van der Waals surface area contributed by atoms with Crippen molar-refractivity contribution in [1.82, 2.24) is 20.1 Å². The molecule has 1 aromatic carbocycles. The zero-order valence-corrected chi connectivity index (χ0v) is 14.5. The van der Waals surface area contributed by atoms with Crippen LogP contribution in [0, 0.1) is 0 Å². The van der Waals surface area contributed by atoms with E-state index in [0.29, 0.717) is 6.04 Å². The van der Waals surface area contributed by atoms with E-state index in [1.807, 2.05) is 12.1 Å². The molecule has 0 amide bonds. The summed E-state index contributed by atoms with van der Waals surface area (Å²) in [5.74, 6) is 0. The molecule has 6 heteroatoms. The average molecular weight is 330 g/mol. The van der Waals surface area contributed by atoms with Crippen LogP contribution in [0.15, 0.2) is 34.5 Å². The van der Waals surface area contributed by atoms with Gasteiger partial charge in [-0.25, -0.2) is 4.63 Å². The fraction of sp³-hybridized carbons (Fsp3) is 0.556. The zero-order chi connectivity index (χ0) is 16.9. The van der Waals surface area contributed by atoms with E-state index < -0.39 is 0 Å². The van der Waals surface area contributed by atoms with Gasteiger partial charge in [0.1, 0.15) is 11.0 Å². The van der Waals surface area contributed by atoms with Gasteiger partial charge >= 0.3 is 0 Å². The van der Waals surface area contributed by atoms with Crippen LogP contribution in [0.3, 0.4) is 0 Å². The Bertz CT molecular complexity index is 693. The number of aromatic nitrogens is 2. The number of allylic oxidation sites excluding steroid dienone is 1. The summed E-state index contributed by atoms with van der Waals surface area (Å²) in [6.45, 7) is 9.40. The molecule has 1 N–H and O–H groups in total. The standard InChI is InChI=1S/C18H26N4O2/c1-14(2)5-7-22-9-8-21(13-16(22)6-10-23)12-15-3-4-17-18(11-15)20-24-19-17/h3-5,11,16,23H,6-10,12-13H2,1-2H3. The average Bonchev–Trinajstić information content (AvgIpc) is 3.02. The quantitative estimate of drug-likeness (QED) is 0.818. The first-order chi connectivity index (χ1) is 11.7. The molecule has 1 aliphatic rings. The molecule has 1 aliphatic heterocycles. The van der Waals surface area contributed by atoms with Crippen molar-refractivity contribution in [1.29, 1.82) is 0 Å². The van der Waals surface area contributed by atoms with Gasteiger partial charge in [-0.15, -0.1) is 0 Å². The molecule has 0 radical (unpaired) electrons. The minimum Gasteiger partial charge on any atom is -0.396 e. The van der Waals surface area contributed by atoms with Crippen molar-refractivity contribution in [2.45, 2.75) is 32.9 Å². The lowest BCUT2D eigenvalue weighted by atomic mass is 10.1. The number of benzene rings is 1. The maximum absolute atomic E-state index is 9.40. The number of rotatable bonds is 6. The smallest absolute Gasteiger partial charge is 0.135 e. The molecule has 1 atom stereocenters. The summed E-state index contributed by atoms with van der Waals surface area (Å²) in [7, 11) is 0. The Labute approximate surface area is 142 Å². The minimum absolute atomic E-state index is 0.237. The molecule has 1 aromatic heterocycles. The lowest BCUT2D eigenvalue weighted by Crippen LogP contribution is -2.53. The fourth-order valence-electron chi connectivity index (χ4n) is 3.25. The Morgan fingerprint density at radius 1 is 1.29 bits per heavy atom. The fourth-order valence-corrected chi connectivity index (χ4v) is 3.25. The number of piperazine rings is 1. The van der Waals surface area contributed by atoms with Gasteiger partial charge in [0.25, 0.3) is 0 Å². The van der Waals surface area contributed by atoms with E-state index in [0.717, 1.165) is 50.2 Å². The highest BCUT2D eigenvalue weighted by atomic mass is 16.6. The topological polar surface area (TPSA) is 65.6 Å². The number of aliphatic hydroxyl groups is 1. The Balaban J connectivity index is 1.63. The largest absolute Gasteiger partial charge is 0.396 e. The molecule has 3 rings (SSSR count). The molecule has 0 aliphatic carbocycles. The Kier molecular flexibility index (Phi) is 5.60. The Morgan fingerprint density at radius 2 is 2.12 bits per heavy atom. The van der Waals surface area contributed by atoms with Crippen molar-refractivity contribution < 1.29 is 9.74 Å². The van der Waals surface area contributed by atoms with Crippen molar-refractivity contribution in [2.75, 3.05) is 32.8 Å². The van der Waals surface area contributed by atoms with Crippen molar-refractivity contribution in [3.05, 3.63) is 35.4 Å². The lowest BCUT2D eigenvalue weighted by Gasteiger charge is -2.41. The van der Waals surface area contributed by atoms with Gasteiger partial charge in [-0.2, -0.15) is 0 Å². The van der Waals surface area contributed by atoms with Crippen molar-refractivity contribution >= 4 is 11.0 Å². The van der Waals surface area contributed by atoms with Crippen LogP contribution in [0.25, 0.3) is 11.0 Å². The number of nitrogens with zero attached hydrogens (tertiary/aromatic N) is 4. The molecule has 1 unspecified atom stereocenters. The highest BCUT2D eigenvalue weighted by Gasteiger charge is 2.25. The number of hydrogen-bond donors (Lipinski definition) is 1. The van der Waals surface area contributed by atoms with Gasteiger partial charge in [0.15, 0.2) is 0 Å². The molecular formula is C18H26N4O2. The second-order valence-electron chi connectivity index (χ2n) is 6.76. The summed E-state index contributed by atoms with van der Waals surface area (Å²) in [6, 6.07) is 6.49. The monoisotopic (exact) mass is 330 g/mol. The first kappa shape index (κ1) is 17.1.